The minimum atomic E-state index is 0. The van der Waals surface area contributed by atoms with Crippen molar-refractivity contribution in [3.63, 3.8) is 0 Å². The largest absolute Gasteiger partial charge is 2.00 e. The van der Waals surface area contributed by atoms with E-state index in [-0.39, 0.29) is 27.8 Å². The van der Waals surface area contributed by atoms with Gasteiger partial charge in [0.1, 0.15) is 0 Å². The molecule has 9 heavy (non-hydrogen) atoms. The van der Waals surface area contributed by atoms with E-state index in [4.69, 9.17) is 0 Å². The Labute approximate surface area is 70.8 Å². The third-order valence-electron chi connectivity index (χ3n) is 0.843. The molecule has 0 nitrogen and oxygen atoms in total. The fraction of sp³-hybridized carbons (Fsp3) is 0. The zero-order valence-electron chi connectivity index (χ0n) is 5.18. The summed E-state index contributed by atoms with van der Waals surface area (Å²) in [7, 11) is 0. The van der Waals surface area contributed by atoms with Crippen LogP contribution < -0.4 is 4.70 Å². The van der Waals surface area contributed by atoms with Gasteiger partial charge >= 0.3 is 23.1 Å². The third kappa shape index (κ3) is 4.30. The number of hydrogen-bond donors (Lipinski definition) is 0. The summed E-state index contributed by atoms with van der Waals surface area (Å²) in [6.45, 7) is 3.72. The van der Waals surface area contributed by atoms with E-state index in [1.165, 1.54) is 0 Å². The summed E-state index contributed by atoms with van der Waals surface area (Å²) in [4.78, 5) is 0. The van der Waals surface area contributed by atoms with Gasteiger partial charge in [0.25, 0.3) is 0 Å². The molecular weight excluding hydrogens is 127 g/mol. The van der Waals surface area contributed by atoms with Crippen molar-refractivity contribution >= 4 is 23.1 Å². The van der Waals surface area contributed by atoms with E-state index in [9.17, 15) is 0 Å². The Kier molecular flexibility index (Phi) is 7.60. The van der Waals surface area contributed by atoms with Gasteiger partial charge in [0.2, 0.25) is 0 Å². The zero-order valence-corrected chi connectivity index (χ0v) is 6.59. The summed E-state index contributed by atoms with van der Waals surface area (Å²) < 4.78 is 0. The van der Waals surface area contributed by atoms with E-state index in [0.717, 1.165) is 5.56 Å². The van der Waals surface area contributed by atoms with Crippen LogP contribution in [-0.2, 0) is 0 Å². The smallest absolute Gasteiger partial charge is 1.00 e. The maximum absolute atomic E-state index is 3.72. The molecule has 0 aliphatic carbocycles. The van der Waals surface area contributed by atoms with Crippen molar-refractivity contribution in [2.24, 2.45) is 0 Å². The molecular formula is C7H7FMg. The van der Waals surface area contributed by atoms with Crippen molar-refractivity contribution in [1.29, 1.82) is 0 Å². The van der Waals surface area contributed by atoms with Crippen LogP contribution in [-0.4, -0.2) is 23.1 Å². The molecule has 0 saturated carbocycles. The maximum Gasteiger partial charge on any atom is 2.00 e. The molecule has 0 spiro atoms. The fourth-order valence-corrected chi connectivity index (χ4v) is 0.478. The van der Waals surface area contributed by atoms with Crippen LogP contribution in [0.5, 0.6) is 0 Å². The van der Waals surface area contributed by atoms with Gasteiger partial charge in [-0.2, -0.15) is 24.6 Å². The molecule has 0 bridgehead atoms. The van der Waals surface area contributed by atoms with Gasteiger partial charge in [0.15, 0.2) is 0 Å². The molecule has 0 unspecified atom stereocenters. The predicted octanol–water partition coefficient (Wildman–Crippen LogP) is -1.51. The minimum absolute atomic E-state index is 0. The van der Waals surface area contributed by atoms with Crippen LogP contribution in [0.3, 0.4) is 0 Å². The summed E-state index contributed by atoms with van der Waals surface area (Å²) in [5.41, 5.74) is 1.07. The van der Waals surface area contributed by atoms with Crippen LogP contribution in [0.1, 0.15) is 5.56 Å². The molecule has 0 heterocycles. The Hall–Kier alpha value is -0.214. The molecule has 1 rings (SSSR count). The average molecular weight is 134 g/mol. The normalized spacial score (nSPS) is 6.67. The van der Waals surface area contributed by atoms with E-state index < -0.39 is 0 Å². The van der Waals surface area contributed by atoms with E-state index in [1.807, 2.05) is 30.3 Å². The van der Waals surface area contributed by atoms with E-state index in [2.05, 4.69) is 6.92 Å². The Morgan fingerprint density at radius 3 is 1.67 bits per heavy atom. The summed E-state index contributed by atoms with van der Waals surface area (Å²) >= 11 is 0. The molecule has 0 aliphatic heterocycles. The molecule has 2 heteroatoms. The first kappa shape index (κ1) is 11.6. The van der Waals surface area contributed by atoms with Gasteiger partial charge in [-0.15, -0.1) is 12.1 Å². The number of rotatable bonds is 0. The van der Waals surface area contributed by atoms with Crippen LogP contribution in [0.4, 0.5) is 0 Å². The van der Waals surface area contributed by atoms with Crippen LogP contribution in [0.15, 0.2) is 30.3 Å². The van der Waals surface area contributed by atoms with Gasteiger partial charge < -0.3 is 4.70 Å². The molecule has 0 N–H and O–H groups in total. The van der Waals surface area contributed by atoms with Gasteiger partial charge in [-0.3, -0.25) is 0 Å². The van der Waals surface area contributed by atoms with Crippen molar-refractivity contribution in [1.82, 2.24) is 0 Å². The molecule has 0 amide bonds. The van der Waals surface area contributed by atoms with Gasteiger partial charge in [0.05, 0.1) is 0 Å². The Morgan fingerprint density at radius 2 is 1.44 bits per heavy atom. The predicted molar refractivity (Wildman–Crippen MR) is 36.7 cm³/mol. The Bertz CT molecular complexity index is 139. The van der Waals surface area contributed by atoms with E-state index in [1.54, 1.807) is 0 Å². The molecule has 0 saturated heterocycles. The first-order valence-electron chi connectivity index (χ1n) is 2.26. The summed E-state index contributed by atoms with van der Waals surface area (Å²) in [5.74, 6) is 0. The molecule has 0 fully saturated rings. The van der Waals surface area contributed by atoms with E-state index in [0.29, 0.717) is 0 Å². The second kappa shape index (κ2) is 5.91. The quantitative estimate of drug-likeness (QED) is 0.299. The first-order chi connectivity index (χ1) is 3.39. The SMILES string of the molecule is [CH2-]c1ccccc1.[F-].[Mg+2]. The van der Waals surface area contributed by atoms with Gasteiger partial charge in [-0.25, -0.2) is 0 Å². The van der Waals surface area contributed by atoms with E-state index >= 15 is 0 Å². The van der Waals surface area contributed by atoms with Crippen LogP contribution in [0.25, 0.3) is 0 Å². The minimum Gasteiger partial charge on any atom is -1.00 e. The molecule has 0 aromatic heterocycles. The van der Waals surface area contributed by atoms with Crippen LogP contribution >= 0.6 is 0 Å². The van der Waals surface area contributed by atoms with Crippen molar-refractivity contribution in [2.45, 2.75) is 0 Å². The summed E-state index contributed by atoms with van der Waals surface area (Å²) in [6.07, 6.45) is 0. The number of hydrogen-bond acceptors (Lipinski definition) is 0. The summed E-state index contributed by atoms with van der Waals surface area (Å²) in [5, 5.41) is 0. The number of halogens is 1. The van der Waals surface area contributed by atoms with Crippen LogP contribution in [0, 0.1) is 6.92 Å². The second-order valence-corrected chi connectivity index (χ2v) is 1.49. The summed E-state index contributed by atoms with van der Waals surface area (Å²) in [6, 6.07) is 9.87. The molecule has 1 aromatic rings. The fourth-order valence-electron chi connectivity index (χ4n) is 0.478. The Balaban J connectivity index is 0. The van der Waals surface area contributed by atoms with Crippen molar-refractivity contribution in [3.05, 3.63) is 42.8 Å². The van der Waals surface area contributed by atoms with Crippen molar-refractivity contribution in [3.8, 4) is 0 Å². The van der Waals surface area contributed by atoms with Crippen molar-refractivity contribution < 1.29 is 4.70 Å². The van der Waals surface area contributed by atoms with Gasteiger partial charge in [-0.1, -0.05) is 6.07 Å². The topological polar surface area (TPSA) is 0 Å². The first-order valence-corrected chi connectivity index (χ1v) is 2.26. The molecule has 0 radical (unpaired) electrons. The molecule has 0 aliphatic rings. The number of benzene rings is 1. The molecule has 1 aromatic carbocycles. The Morgan fingerprint density at radius 1 is 1.00 bits per heavy atom. The average Bonchev–Trinajstić information content (AvgIpc) is 1.69. The standard InChI is InChI=1S/C7H7.FH.Mg/c1-7-5-3-2-4-6-7;;/h2-6H,1H2;1H;/q-1;;+2/p-1. The maximum atomic E-state index is 3.72. The monoisotopic (exact) mass is 134 g/mol. The van der Waals surface area contributed by atoms with Crippen molar-refractivity contribution in [2.75, 3.05) is 0 Å². The van der Waals surface area contributed by atoms with Crippen LogP contribution in [0.2, 0.25) is 0 Å². The second-order valence-electron chi connectivity index (χ2n) is 1.49. The molecule has 44 valence electrons. The molecule has 0 atom stereocenters. The van der Waals surface area contributed by atoms with Gasteiger partial charge in [-0.05, 0) is 0 Å². The zero-order chi connectivity index (χ0) is 5.11. The van der Waals surface area contributed by atoms with Gasteiger partial charge in [0, 0.05) is 0 Å². The third-order valence-corrected chi connectivity index (χ3v) is 0.843.